The molecule has 0 spiro atoms. The van der Waals surface area contributed by atoms with Crippen molar-refractivity contribution in [2.75, 3.05) is 11.9 Å². The van der Waals surface area contributed by atoms with Crippen LogP contribution in [0.2, 0.25) is 0 Å². The molecule has 0 radical (unpaired) electrons. The molecule has 1 amide bonds. The van der Waals surface area contributed by atoms with Crippen molar-refractivity contribution in [2.45, 2.75) is 42.8 Å². The number of anilines is 1. The third-order valence-electron chi connectivity index (χ3n) is 3.98. The lowest BCUT2D eigenvalue weighted by atomic mass is 9.85. The van der Waals surface area contributed by atoms with Crippen LogP contribution >= 0.6 is 12.4 Å². The van der Waals surface area contributed by atoms with Crippen molar-refractivity contribution in [3.05, 3.63) is 24.3 Å². The Hall–Kier alpha value is -1.36. The van der Waals surface area contributed by atoms with Crippen LogP contribution in [0, 0.1) is 5.92 Å². The lowest BCUT2D eigenvalue weighted by Gasteiger charge is -2.25. The van der Waals surface area contributed by atoms with Crippen molar-refractivity contribution >= 4 is 34.0 Å². The highest BCUT2D eigenvalue weighted by Gasteiger charge is 2.30. The molecule has 2 atom stereocenters. The predicted molar refractivity (Wildman–Crippen MR) is 93.5 cm³/mol. The standard InChI is InChI=1S/C15H20F3N3O3S.ClH/c16-15(17,18)9-20-25(23,24)13-6-4-12(5-7-13)21-14(22)10-2-1-3-11(19)8-10;/h4-7,10-11,20H,1-3,8-9,19H2,(H,21,22);1H. The predicted octanol–water partition coefficient (Wildman–Crippen LogP) is 2.41. The van der Waals surface area contributed by atoms with Gasteiger partial charge in [-0.15, -0.1) is 12.4 Å². The average molecular weight is 416 g/mol. The van der Waals surface area contributed by atoms with Crippen molar-refractivity contribution in [2.24, 2.45) is 11.7 Å². The van der Waals surface area contributed by atoms with Crippen LogP contribution in [-0.2, 0) is 14.8 Å². The minimum absolute atomic E-state index is 0. The normalized spacial score (nSPS) is 20.9. The van der Waals surface area contributed by atoms with Crippen molar-refractivity contribution in [3.8, 4) is 0 Å². The van der Waals surface area contributed by atoms with E-state index in [1.54, 1.807) is 0 Å². The molecule has 1 aliphatic rings. The first kappa shape index (κ1) is 22.7. The van der Waals surface area contributed by atoms with Gasteiger partial charge in [0.25, 0.3) is 0 Å². The van der Waals surface area contributed by atoms with Gasteiger partial charge in [-0.05, 0) is 43.5 Å². The van der Waals surface area contributed by atoms with E-state index in [4.69, 9.17) is 5.73 Å². The zero-order valence-electron chi connectivity index (χ0n) is 13.8. The van der Waals surface area contributed by atoms with Crippen LogP contribution in [0.4, 0.5) is 18.9 Å². The summed E-state index contributed by atoms with van der Waals surface area (Å²) in [4.78, 5) is 11.9. The molecule has 0 aromatic heterocycles. The second-order valence-electron chi connectivity index (χ2n) is 6.08. The van der Waals surface area contributed by atoms with Gasteiger partial charge in [-0.25, -0.2) is 13.1 Å². The van der Waals surface area contributed by atoms with Gasteiger partial charge in [-0.1, -0.05) is 6.42 Å². The van der Waals surface area contributed by atoms with Gasteiger partial charge in [0.1, 0.15) is 6.54 Å². The monoisotopic (exact) mass is 415 g/mol. The second-order valence-corrected chi connectivity index (χ2v) is 7.84. The van der Waals surface area contributed by atoms with E-state index in [0.717, 1.165) is 31.4 Å². The highest BCUT2D eigenvalue weighted by atomic mass is 35.5. The number of alkyl halides is 3. The number of sulfonamides is 1. The first-order chi connectivity index (χ1) is 11.6. The van der Waals surface area contributed by atoms with Gasteiger partial charge in [-0.2, -0.15) is 13.2 Å². The third-order valence-corrected chi connectivity index (χ3v) is 5.40. The van der Waals surface area contributed by atoms with Gasteiger partial charge in [-0.3, -0.25) is 4.79 Å². The van der Waals surface area contributed by atoms with Crippen LogP contribution in [0.25, 0.3) is 0 Å². The molecule has 1 fully saturated rings. The summed E-state index contributed by atoms with van der Waals surface area (Å²) in [5.74, 6) is -0.387. The molecule has 0 saturated heterocycles. The van der Waals surface area contributed by atoms with Crippen molar-refractivity contribution in [1.29, 1.82) is 0 Å². The molecule has 1 aliphatic carbocycles. The summed E-state index contributed by atoms with van der Waals surface area (Å²) in [7, 11) is -4.27. The van der Waals surface area contributed by atoms with Crippen molar-refractivity contribution in [3.63, 3.8) is 0 Å². The highest BCUT2D eigenvalue weighted by Crippen LogP contribution is 2.25. The molecule has 4 N–H and O–H groups in total. The summed E-state index contributed by atoms with van der Waals surface area (Å²) in [5, 5.41) is 2.68. The zero-order valence-corrected chi connectivity index (χ0v) is 15.4. The summed E-state index contributed by atoms with van der Waals surface area (Å²) in [6.07, 6.45) is -1.53. The van der Waals surface area contributed by atoms with Gasteiger partial charge < -0.3 is 11.1 Å². The summed E-state index contributed by atoms with van der Waals surface area (Å²) in [5.41, 5.74) is 6.22. The number of halogens is 4. The Kier molecular flexibility index (Phi) is 7.87. The van der Waals surface area contributed by atoms with E-state index < -0.39 is 22.7 Å². The summed E-state index contributed by atoms with van der Waals surface area (Å²) in [6.45, 7) is -1.64. The number of nitrogens with two attached hydrogens (primary N) is 1. The van der Waals surface area contributed by atoms with Crippen LogP contribution in [0.1, 0.15) is 25.7 Å². The Morgan fingerprint density at radius 2 is 1.81 bits per heavy atom. The van der Waals surface area contributed by atoms with Crippen molar-refractivity contribution < 1.29 is 26.4 Å². The number of nitrogens with one attached hydrogen (secondary N) is 2. The van der Waals surface area contributed by atoms with Gasteiger partial charge in [0, 0.05) is 17.6 Å². The van der Waals surface area contributed by atoms with Gasteiger partial charge in [0.2, 0.25) is 15.9 Å². The van der Waals surface area contributed by atoms with Crippen molar-refractivity contribution in [1.82, 2.24) is 4.72 Å². The van der Waals surface area contributed by atoms with E-state index >= 15 is 0 Å². The highest BCUT2D eigenvalue weighted by molar-refractivity contribution is 7.89. The lowest BCUT2D eigenvalue weighted by molar-refractivity contribution is -0.122. The molecule has 0 heterocycles. The molecule has 26 heavy (non-hydrogen) atoms. The SMILES string of the molecule is Cl.NC1CCCC(C(=O)Nc2ccc(S(=O)(=O)NCC(F)(F)F)cc2)C1. The van der Waals surface area contributed by atoms with E-state index in [0.29, 0.717) is 12.1 Å². The molecule has 1 saturated carbocycles. The number of hydrogen-bond acceptors (Lipinski definition) is 4. The van der Waals surface area contributed by atoms with Gasteiger partial charge >= 0.3 is 6.18 Å². The maximum Gasteiger partial charge on any atom is 0.402 e. The maximum absolute atomic E-state index is 12.2. The van der Waals surface area contributed by atoms with Crippen LogP contribution in [0.5, 0.6) is 0 Å². The fourth-order valence-corrected chi connectivity index (χ4v) is 3.70. The number of carbonyl (C=O) groups excluding carboxylic acids is 1. The van der Waals surface area contributed by atoms with E-state index in [9.17, 15) is 26.4 Å². The molecule has 0 bridgehead atoms. The van der Waals surface area contributed by atoms with E-state index in [1.165, 1.54) is 16.9 Å². The first-order valence-electron chi connectivity index (χ1n) is 7.80. The summed E-state index contributed by atoms with van der Waals surface area (Å²) in [6, 6.07) is 4.95. The van der Waals surface area contributed by atoms with E-state index in [1.807, 2.05) is 0 Å². The molecule has 6 nitrogen and oxygen atoms in total. The van der Waals surface area contributed by atoms with Crippen LogP contribution in [0.15, 0.2) is 29.2 Å². The summed E-state index contributed by atoms with van der Waals surface area (Å²) >= 11 is 0. The molecule has 148 valence electrons. The fourth-order valence-electron chi connectivity index (χ4n) is 2.69. The molecule has 2 unspecified atom stereocenters. The minimum Gasteiger partial charge on any atom is -0.328 e. The van der Waals surface area contributed by atoms with E-state index in [2.05, 4.69) is 5.32 Å². The Morgan fingerprint density at radius 3 is 2.35 bits per heavy atom. The third kappa shape index (κ3) is 6.75. The minimum atomic E-state index is -4.64. The number of amides is 1. The maximum atomic E-state index is 12.2. The molecular formula is C15H21ClF3N3O3S. The van der Waals surface area contributed by atoms with E-state index in [-0.39, 0.29) is 35.2 Å². The lowest BCUT2D eigenvalue weighted by Crippen LogP contribution is -2.34. The Morgan fingerprint density at radius 1 is 1.19 bits per heavy atom. The number of rotatable bonds is 5. The molecular weight excluding hydrogens is 395 g/mol. The first-order valence-corrected chi connectivity index (χ1v) is 9.28. The number of benzene rings is 1. The summed E-state index contributed by atoms with van der Waals surface area (Å²) < 4.78 is 61.4. The zero-order chi connectivity index (χ0) is 18.7. The number of carbonyl (C=O) groups is 1. The molecule has 0 aliphatic heterocycles. The van der Waals surface area contributed by atoms with Gasteiger partial charge in [0.15, 0.2) is 0 Å². The Balaban J connectivity index is 0.00000338. The van der Waals surface area contributed by atoms with Crippen LogP contribution < -0.4 is 15.8 Å². The smallest absolute Gasteiger partial charge is 0.328 e. The van der Waals surface area contributed by atoms with Gasteiger partial charge in [0.05, 0.1) is 4.90 Å². The quantitative estimate of drug-likeness (QED) is 0.687. The Labute approximate surface area is 156 Å². The molecule has 1 aromatic rings. The molecule has 1 aromatic carbocycles. The second kappa shape index (κ2) is 9.03. The fraction of sp³-hybridized carbons (Fsp3) is 0.533. The molecule has 11 heteroatoms. The molecule has 2 rings (SSSR count). The topological polar surface area (TPSA) is 101 Å². The van der Waals surface area contributed by atoms with Crippen LogP contribution in [0.3, 0.4) is 0 Å². The Bertz CT molecular complexity index is 711. The van der Waals surface area contributed by atoms with Crippen LogP contribution in [-0.4, -0.2) is 33.1 Å². The largest absolute Gasteiger partial charge is 0.402 e. The number of hydrogen-bond donors (Lipinski definition) is 3. The average Bonchev–Trinajstić information content (AvgIpc) is 2.53.